The largest absolute Gasteiger partial charge is 0.272 e. The molecule has 0 amide bonds. The van der Waals surface area contributed by atoms with Gasteiger partial charge >= 0.3 is 0 Å². The molecule has 2 aromatic heterocycles. The predicted molar refractivity (Wildman–Crippen MR) is 89.3 cm³/mol. The van der Waals surface area contributed by atoms with E-state index < -0.39 is 0 Å². The third kappa shape index (κ3) is 1.54. The van der Waals surface area contributed by atoms with Crippen LogP contribution in [0.1, 0.15) is 75.2 Å². The lowest BCUT2D eigenvalue weighted by Gasteiger charge is -2.33. The summed E-state index contributed by atoms with van der Waals surface area (Å²) in [5.41, 5.74) is 6.72. The number of nitrogens with zero attached hydrogens (tertiary/aromatic N) is 4. The minimum Gasteiger partial charge on any atom is -0.272 e. The Balaban J connectivity index is 1.66. The highest BCUT2D eigenvalue weighted by Crippen LogP contribution is 2.67. The van der Waals surface area contributed by atoms with Gasteiger partial charge in [0.05, 0.1) is 23.3 Å². The van der Waals surface area contributed by atoms with Gasteiger partial charge in [-0.15, -0.1) is 0 Å². The van der Waals surface area contributed by atoms with Gasteiger partial charge in [0.1, 0.15) is 0 Å². The minimum absolute atomic E-state index is 0.187. The molecular formula is C19H24N4. The monoisotopic (exact) mass is 308 g/mol. The van der Waals surface area contributed by atoms with Crippen LogP contribution in [0, 0.1) is 5.41 Å². The van der Waals surface area contributed by atoms with Crippen LogP contribution in [0.25, 0.3) is 11.3 Å². The lowest BCUT2D eigenvalue weighted by molar-refractivity contribution is 0.226. The lowest BCUT2D eigenvalue weighted by atomic mass is 9.70. The first-order valence-electron chi connectivity index (χ1n) is 8.84. The molecule has 4 heteroatoms. The Morgan fingerprint density at radius 2 is 1.91 bits per heavy atom. The number of hydrogen-bond acceptors (Lipinski definition) is 3. The Morgan fingerprint density at radius 3 is 2.65 bits per heavy atom. The number of aromatic nitrogens is 4. The molecule has 23 heavy (non-hydrogen) atoms. The van der Waals surface area contributed by atoms with Crippen LogP contribution in [-0.4, -0.2) is 20.0 Å². The molecule has 120 valence electrons. The van der Waals surface area contributed by atoms with Crippen LogP contribution < -0.4 is 0 Å². The number of rotatable bonds is 2. The van der Waals surface area contributed by atoms with Crippen LogP contribution in [-0.2, 0) is 12.5 Å². The second-order valence-corrected chi connectivity index (χ2v) is 8.52. The molecule has 2 aromatic rings. The van der Waals surface area contributed by atoms with Crippen LogP contribution >= 0.6 is 0 Å². The maximum atomic E-state index is 4.73. The van der Waals surface area contributed by atoms with Gasteiger partial charge in [0, 0.05) is 23.9 Å². The second-order valence-electron chi connectivity index (χ2n) is 8.52. The quantitative estimate of drug-likeness (QED) is 0.844. The fourth-order valence-corrected chi connectivity index (χ4v) is 5.19. The molecule has 0 unspecified atom stereocenters. The van der Waals surface area contributed by atoms with Gasteiger partial charge in [-0.2, -0.15) is 15.3 Å². The average Bonchev–Trinajstić information content (AvgIpc) is 3.20. The van der Waals surface area contributed by atoms with E-state index in [1.54, 1.807) is 0 Å². The minimum atomic E-state index is 0.187. The molecule has 0 saturated heterocycles. The zero-order chi connectivity index (χ0) is 16.0. The molecule has 3 aliphatic carbocycles. The molecule has 3 aliphatic rings. The first-order chi connectivity index (χ1) is 10.9. The van der Waals surface area contributed by atoms with E-state index in [9.17, 15) is 0 Å². The Bertz CT molecular complexity index is 815. The zero-order valence-corrected chi connectivity index (χ0v) is 14.4. The van der Waals surface area contributed by atoms with E-state index in [0.29, 0.717) is 11.8 Å². The van der Waals surface area contributed by atoms with Gasteiger partial charge in [0.15, 0.2) is 0 Å². The van der Waals surface area contributed by atoms with Crippen molar-refractivity contribution in [1.82, 2.24) is 20.0 Å². The molecule has 0 aromatic carbocycles. The summed E-state index contributed by atoms with van der Waals surface area (Å²) in [6.07, 6.45) is 7.05. The molecule has 5 rings (SSSR count). The summed E-state index contributed by atoms with van der Waals surface area (Å²) in [7, 11) is 2.05. The van der Waals surface area contributed by atoms with Crippen molar-refractivity contribution in [3.05, 3.63) is 29.2 Å². The van der Waals surface area contributed by atoms with E-state index in [-0.39, 0.29) is 10.8 Å². The Labute approximate surface area is 137 Å². The first-order valence-corrected chi connectivity index (χ1v) is 8.84. The SMILES string of the molecule is Cn1ncc(-c2cc3c(nn2)[C@@]2(C)CC[C@@H]3C2(C)C)c1C1CC1. The van der Waals surface area contributed by atoms with Gasteiger partial charge in [0.25, 0.3) is 0 Å². The highest BCUT2D eigenvalue weighted by molar-refractivity contribution is 5.64. The third-order valence-corrected chi connectivity index (χ3v) is 7.17. The normalized spacial score (nSPS) is 30.7. The number of fused-ring (bicyclic) bond motifs is 5. The first kappa shape index (κ1) is 13.7. The van der Waals surface area contributed by atoms with Crippen LogP contribution in [0.2, 0.25) is 0 Å². The predicted octanol–water partition coefficient (Wildman–Crippen LogP) is 3.93. The van der Waals surface area contributed by atoms with Gasteiger partial charge < -0.3 is 0 Å². The molecule has 0 aliphatic heterocycles. The standard InChI is InChI=1S/C19H24N4/c1-18(2)14-7-8-19(18,3)17-12(14)9-15(21-22-17)13-10-20-23(4)16(13)11-5-6-11/h9-11,14H,5-8H2,1-4H3/t14-,19+/m0/s1. The summed E-state index contributed by atoms with van der Waals surface area (Å²) in [6.45, 7) is 7.20. The van der Waals surface area contributed by atoms with Crippen LogP contribution in [0.15, 0.2) is 12.3 Å². The van der Waals surface area contributed by atoms with Crippen molar-refractivity contribution in [3.8, 4) is 11.3 Å². The van der Waals surface area contributed by atoms with Crippen LogP contribution in [0.5, 0.6) is 0 Å². The fourth-order valence-electron chi connectivity index (χ4n) is 5.19. The van der Waals surface area contributed by atoms with Gasteiger partial charge in [-0.1, -0.05) is 20.8 Å². The van der Waals surface area contributed by atoms with Gasteiger partial charge in [-0.05, 0) is 48.6 Å². The molecule has 4 nitrogen and oxygen atoms in total. The third-order valence-electron chi connectivity index (χ3n) is 7.17. The van der Waals surface area contributed by atoms with E-state index >= 15 is 0 Å². The average molecular weight is 308 g/mol. The molecule has 2 saturated carbocycles. The summed E-state index contributed by atoms with van der Waals surface area (Å²) >= 11 is 0. The molecular weight excluding hydrogens is 284 g/mol. The van der Waals surface area contributed by atoms with Crippen molar-refractivity contribution < 1.29 is 0 Å². The maximum Gasteiger partial charge on any atom is 0.0967 e. The smallest absolute Gasteiger partial charge is 0.0967 e. The van der Waals surface area contributed by atoms with E-state index in [1.165, 1.54) is 48.2 Å². The fraction of sp³-hybridized carbons (Fsp3) is 0.632. The number of aryl methyl sites for hydroxylation is 1. The molecule has 0 spiro atoms. The van der Waals surface area contributed by atoms with Crippen molar-refractivity contribution in [3.63, 3.8) is 0 Å². The van der Waals surface area contributed by atoms with Crippen molar-refractivity contribution in [2.75, 3.05) is 0 Å². The summed E-state index contributed by atoms with van der Waals surface area (Å²) in [5.74, 6) is 1.29. The van der Waals surface area contributed by atoms with E-state index in [4.69, 9.17) is 5.10 Å². The second kappa shape index (κ2) is 4.03. The summed E-state index contributed by atoms with van der Waals surface area (Å²) in [5, 5.41) is 13.8. The maximum absolute atomic E-state index is 4.73. The van der Waals surface area contributed by atoms with Crippen molar-refractivity contribution in [1.29, 1.82) is 0 Å². The molecule has 2 fully saturated rings. The Morgan fingerprint density at radius 1 is 1.13 bits per heavy atom. The molecule has 2 bridgehead atoms. The van der Waals surface area contributed by atoms with Crippen molar-refractivity contribution in [2.45, 2.75) is 63.7 Å². The van der Waals surface area contributed by atoms with Gasteiger partial charge in [-0.3, -0.25) is 4.68 Å². The molecule has 2 atom stereocenters. The summed E-state index contributed by atoms with van der Waals surface area (Å²) in [4.78, 5) is 0. The van der Waals surface area contributed by atoms with Gasteiger partial charge in [0.2, 0.25) is 0 Å². The van der Waals surface area contributed by atoms with E-state index in [1.807, 2.05) is 17.9 Å². The number of hydrogen-bond donors (Lipinski definition) is 0. The highest BCUT2D eigenvalue weighted by atomic mass is 15.3. The van der Waals surface area contributed by atoms with Crippen molar-refractivity contribution >= 4 is 0 Å². The van der Waals surface area contributed by atoms with E-state index in [2.05, 4.69) is 37.0 Å². The molecule has 0 N–H and O–H groups in total. The topological polar surface area (TPSA) is 43.6 Å². The highest BCUT2D eigenvalue weighted by Gasteiger charge is 2.60. The Hall–Kier alpha value is -1.71. The van der Waals surface area contributed by atoms with E-state index in [0.717, 1.165) is 5.69 Å². The summed E-state index contributed by atoms with van der Waals surface area (Å²) < 4.78 is 2.03. The molecule has 0 radical (unpaired) electrons. The summed E-state index contributed by atoms with van der Waals surface area (Å²) in [6, 6.07) is 2.32. The van der Waals surface area contributed by atoms with Gasteiger partial charge in [-0.25, -0.2) is 0 Å². The Kier molecular flexibility index (Phi) is 2.40. The zero-order valence-electron chi connectivity index (χ0n) is 14.4. The van der Waals surface area contributed by atoms with Crippen LogP contribution in [0.4, 0.5) is 0 Å². The molecule has 2 heterocycles. The lowest BCUT2D eigenvalue weighted by Crippen LogP contribution is -2.32. The van der Waals surface area contributed by atoms with Crippen LogP contribution in [0.3, 0.4) is 0 Å². The van der Waals surface area contributed by atoms with Crippen molar-refractivity contribution in [2.24, 2.45) is 12.5 Å².